The van der Waals surface area contributed by atoms with Gasteiger partial charge in [-0.3, -0.25) is 9.78 Å². The summed E-state index contributed by atoms with van der Waals surface area (Å²) in [6.07, 6.45) is 4.29. The van der Waals surface area contributed by atoms with E-state index in [1.54, 1.807) is 12.3 Å². The van der Waals surface area contributed by atoms with Gasteiger partial charge in [-0.1, -0.05) is 0 Å². The van der Waals surface area contributed by atoms with Gasteiger partial charge < -0.3 is 10.2 Å². The highest BCUT2D eigenvalue weighted by atomic mass is 32.2. The largest absolute Gasteiger partial charge is 0.357 e. The van der Waals surface area contributed by atoms with Crippen LogP contribution >= 0.6 is 0 Å². The van der Waals surface area contributed by atoms with E-state index in [4.69, 9.17) is 0 Å². The summed E-state index contributed by atoms with van der Waals surface area (Å²) in [6.45, 7) is 5.45. The SMILES string of the molecule is CCN(CC)c1ccc(NC(=O)CN(C)S(=O)(=O)c2cccnc2)cn1. The third-order valence-corrected chi connectivity index (χ3v) is 5.61. The maximum atomic E-state index is 12.4. The Bertz CT molecular complexity index is 821. The van der Waals surface area contributed by atoms with E-state index in [1.807, 2.05) is 19.9 Å². The molecule has 0 fully saturated rings. The molecule has 1 amide bonds. The highest BCUT2D eigenvalue weighted by Gasteiger charge is 2.23. The molecular formula is C17H23N5O3S. The van der Waals surface area contributed by atoms with E-state index in [2.05, 4.69) is 20.2 Å². The van der Waals surface area contributed by atoms with Gasteiger partial charge in [0.15, 0.2) is 0 Å². The lowest BCUT2D eigenvalue weighted by Gasteiger charge is -2.20. The van der Waals surface area contributed by atoms with Crippen molar-refractivity contribution in [1.82, 2.24) is 14.3 Å². The second kappa shape index (κ2) is 8.72. The summed E-state index contributed by atoms with van der Waals surface area (Å²) in [5.41, 5.74) is 0.512. The molecule has 0 unspecified atom stereocenters. The Morgan fingerprint density at radius 2 is 1.88 bits per heavy atom. The maximum Gasteiger partial charge on any atom is 0.244 e. The highest BCUT2D eigenvalue weighted by Crippen LogP contribution is 2.15. The van der Waals surface area contributed by atoms with E-state index in [0.717, 1.165) is 23.2 Å². The Labute approximate surface area is 153 Å². The van der Waals surface area contributed by atoms with Gasteiger partial charge in [-0.2, -0.15) is 4.31 Å². The van der Waals surface area contributed by atoms with Gasteiger partial charge in [-0.15, -0.1) is 0 Å². The van der Waals surface area contributed by atoms with Crippen LogP contribution in [0, 0.1) is 0 Å². The van der Waals surface area contributed by atoms with Gasteiger partial charge in [0.25, 0.3) is 0 Å². The number of aromatic nitrogens is 2. The van der Waals surface area contributed by atoms with Crippen LogP contribution in [0.5, 0.6) is 0 Å². The number of pyridine rings is 2. The van der Waals surface area contributed by atoms with E-state index in [-0.39, 0.29) is 11.4 Å². The topological polar surface area (TPSA) is 95.5 Å². The Kier molecular flexibility index (Phi) is 6.64. The molecule has 1 N–H and O–H groups in total. The molecule has 0 radical (unpaired) electrons. The number of carbonyl (C=O) groups is 1. The first-order valence-electron chi connectivity index (χ1n) is 8.25. The van der Waals surface area contributed by atoms with Gasteiger partial charge in [0.1, 0.15) is 10.7 Å². The summed E-state index contributed by atoms with van der Waals surface area (Å²) >= 11 is 0. The molecule has 2 aromatic rings. The molecule has 0 saturated carbocycles. The molecule has 0 aliphatic rings. The number of anilines is 2. The summed E-state index contributed by atoms with van der Waals surface area (Å²) in [6, 6.07) is 6.53. The monoisotopic (exact) mass is 377 g/mol. The van der Waals surface area contributed by atoms with E-state index in [0.29, 0.717) is 5.69 Å². The zero-order chi connectivity index (χ0) is 19.2. The van der Waals surface area contributed by atoms with Gasteiger partial charge in [-0.05, 0) is 38.1 Å². The minimum Gasteiger partial charge on any atom is -0.357 e. The molecular weight excluding hydrogens is 354 g/mol. The van der Waals surface area contributed by atoms with Crippen molar-refractivity contribution in [3.05, 3.63) is 42.9 Å². The number of hydrogen-bond acceptors (Lipinski definition) is 6. The van der Waals surface area contributed by atoms with E-state index in [1.165, 1.54) is 31.6 Å². The van der Waals surface area contributed by atoms with Gasteiger partial charge in [0.2, 0.25) is 15.9 Å². The van der Waals surface area contributed by atoms with E-state index in [9.17, 15) is 13.2 Å². The number of nitrogens with zero attached hydrogens (tertiary/aromatic N) is 4. The number of hydrogen-bond donors (Lipinski definition) is 1. The normalized spacial score (nSPS) is 11.4. The molecule has 0 aromatic carbocycles. The quantitative estimate of drug-likeness (QED) is 0.750. The minimum absolute atomic E-state index is 0.0422. The lowest BCUT2D eigenvalue weighted by Crippen LogP contribution is -2.35. The molecule has 2 heterocycles. The summed E-state index contributed by atoms with van der Waals surface area (Å²) in [5, 5.41) is 2.66. The summed E-state index contributed by atoms with van der Waals surface area (Å²) < 4.78 is 25.8. The van der Waals surface area contributed by atoms with Crippen molar-refractivity contribution in [2.75, 3.05) is 36.9 Å². The van der Waals surface area contributed by atoms with Crippen molar-refractivity contribution < 1.29 is 13.2 Å². The first-order valence-corrected chi connectivity index (χ1v) is 9.69. The van der Waals surface area contributed by atoms with Gasteiger partial charge in [-0.25, -0.2) is 13.4 Å². The van der Waals surface area contributed by atoms with Crippen LogP contribution < -0.4 is 10.2 Å². The first kappa shape index (κ1) is 19.8. The van der Waals surface area contributed by atoms with Crippen LogP contribution in [-0.2, 0) is 14.8 Å². The second-order valence-electron chi connectivity index (χ2n) is 5.58. The fourth-order valence-corrected chi connectivity index (χ4v) is 3.45. The molecule has 140 valence electrons. The predicted molar refractivity (Wildman–Crippen MR) is 100 cm³/mol. The summed E-state index contributed by atoms with van der Waals surface area (Å²) in [7, 11) is -2.41. The van der Waals surface area contributed by atoms with Crippen LogP contribution in [0.3, 0.4) is 0 Å². The average molecular weight is 377 g/mol. The third kappa shape index (κ3) is 4.77. The van der Waals surface area contributed by atoms with Gasteiger partial charge in [0.05, 0.1) is 18.4 Å². The molecule has 0 bridgehead atoms. The molecule has 2 aromatic heterocycles. The molecule has 8 nitrogen and oxygen atoms in total. The smallest absolute Gasteiger partial charge is 0.244 e. The number of rotatable bonds is 8. The van der Waals surface area contributed by atoms with Crippen molar-refractivity contribution in [3.8, 4) is 0 Å². The third-order valence-electron chi connectivity index (χ3n) is 3.83. The van der Waals surface area contributed by atoms with Crippen LogP contribution in [0.25, 0.3) is 0 Å². The van der Waals surface area contributed by atoms with E-state index < -0.39 is 15.9 Å². The molecule has 0 atom stereocenters. The van der Waals surface area contributed by atoms with Crippen molar-refractivity contribution in [2.24, 2.45) is 0 Å². The molecule has 0 aliphatic heterocycles. The number of nitrogens with one attached hydrogen (secondary N) is 1. The van der Waals surface area contributed by atoms with Crippen molar-refractivity contribution in [2.45, 2.75) is 18.7 Å². The van der Waals surface area contributed by atoms with Crippen molar-refractivity contribution in [3.63, 3.8) is 0 Å². The van der Waals surface area contributed by atoms with Crippen molar-refractivity contribution >= 4 is 27.4 Å². The minimum atomic E-state index is -3.76. The van der Waals surface area contributed by atoms with Gasteiger partial charge >= 0.3 is 0 Å². The fraction of sp³-hybridized carbons (Fsp3) is 0.353. The zero-order valence-electron chi connectivity index (χ0n) is 15.1. The van der Waals surface area contributed by atoms with Gasteiger partial charge in [0, 0.05) is 32.5 Å². The molecule has 2 rings (SSSR count). The molecule has 26 heavy (non-hydrogen) atoms. The van der Waals surface area contributed by atoms with E-state index >= 15 is 0 Å². The average Bonchev–Trinajstić information content (AvgIpc) is 2.64. The molecule has 0 spiro atoms. The zero-order valence-corrected chi connectivity index (χ0v) is 15.9. The summed E-state index contributed by atoms with van der Waals surface area (Å²) in [4.78, 5) is 22.4. The standard InChI is InChI=1S/C17H23N5O3S/c1-4-22(5-2)16-9-8-14(11-19-16)20-17(23)13-21(3)26(24,25)15-7-6-10-18-12-15/h6-12H,4-5,13H2,1-3H3,(H,20,23). The van der Waals surface area contributed by atoms with Crippen LogP contribution in [-0.4, -0.2) is 55.3 Å². The highest BCUT2D eigenvalue weighted by molar-refractivity contribution is 7.89. The Morgan fingerprint density at radius 3 is 2.42 bits per heavy atom. The number of sulfonamides is 1. The first-order chi connectivity index (χ1) is 12.4. The van der Waals surface area contributed by atoms with Crippen molar-refractivity contribution in [1.29, 1.82) is 0 Å². The lowest BCUT2D eigenvalue weighted by molar-refractivity contribution is -0.116. The van der Waals surface area contributed by atoms with Crippen LogP contribution in [0.15, 0.2) is 47.8 Å². The summed E-state index contributed by atoms with van der Waals surface area (Å²) in [5.74, 6) is 0.377. The Balaban J connectivity index is 2.00. The predicted octanol–water partition coefficient (Wildman–Crippen LogP) is 1.58. The molecule has 9 heteroatoms. The van der Waals surface area contributed by atoms with Crippen LogP contribution in [0.2, 0.25) is 0 Å². The number of likely N-dealkylation sites (N-methyl/N-ethyl adjacent to an activating group) is 1. The fourth-order valence-electron chi connectivity index (χ4n) is 2.36. The number of carbonyl (C=O) groups excluding carboxylic acids is 1. The number of amides is 1. The molecule has 0 saturated heterocycles. The van der Waals surface area contributed by atoms with Crippen LogP contribution in [0.1, 0.15) is 13.8 Å². The lowest BCUT2D eigenvalue weighted by atomic mass is 10.3. The Hall–Kier alpha value is -2.52. The maximum absolute atomic E-state index is 12.4. The molecule has 0 aliphatic carbocycles. The second-order valence-corrected chi connectivity index (χ2v) is 7.62. The Morgan fingerprint density at radius 1 is 1.15 bits per heavy atom. The van der Waals surface area contributed by atoms with Crippen LogP contribution in [0.4, 0.5) is 11.5 Å².